The molecule has 2 unspecified atom stereocenters. The maximum absolute atomic E-state index is 12.8. The summed E-state index contributed by atoms with van der Waals surface area (Å²) in [5.41, 5.74) is 4.70. The van der Waals surface area contributed by atoms with Gasteiger partial charge >= 0.3 is 12.1 Å². The summed E-state index contributed by atoms with van der Waals surface area (Å²) in [5.74, 6) is -4.53. The van der Waals surface area contributed by atoms with E-state index in [0.717, 1.165) is 29.4 Å². The number of aryl methyl sites for hydroxylation is 2. The molecule has 3 aromatic carbocycles. The molecule has 0 radical (unpaired) electrons. The Morgan fingerprint density at radius 1 is 0.794 bits per heavy atom. The van der Waals surface area contributed by atoms with E-state index in [1.807, 2.05) is 67.3 Å². The largest absolute Gasteiger partial charge is 0.480 e. The Bertz CT molecular complexity index is 1100. The minimum atomic E-state index is -4.68. The second kappa shape index (κ2) is 9.99. The van der Waals surface area contributed by atoms with Crippen molar-refractivity contribution < 1.29 is 27.9 Å². The van der Waals surface area contributed by atoms with E-state index >= 15 is 0 Å². The van der Waals surface area contributed by atoms with Crippen LogP contribution in [0.2, 0.25) is 0 Å². The van der Waals surface area contributed by atoms with Crippen LogP contribution < -0.4 is 10.2 Å². The Labute approximate surface area is 195 Å². The maximum Gasteiger partial charge on any atom is 0.408 e. The third-order valence-electron chi connectivity index (χ3n) is 5.43. The summed E-state index contributed by atoms with van der Waals surface area (Å²) >= 11 is 0. The topological polar surface area (TPSA) is 69.6 Å². The zero-order chi connectivity index (χ0) is 25.0. The van der Waals surface area contributed by atoms with Gasteiger partial charge in [0.15, 0.2) is 5.92 Å². The highest BCUT2D eigenvalue weighted by Crippen LogP contribution is 2.35. The molecule has 0 saturated heterocycles. The van der Waals surface area contributed by atoms with Crippen molar-refractivity contribution in [3.8, 4) is 0 Å². The van der Waals surface area contributed by atoms with Crippen molar-refractivity contribution in [2.24, 2.45) is 0 Å². The summed E-state index contributed by atoms with van der Waals surface area (Å²) in [6, 6.07) is 19.7. The number of hydrogen-bond donors (Lipinski definition) is 2. The van der Waals surface area contributed by atoms with Crippen molar-refractivity contribution in [1.29, 1.82) is 0 Å². The molecule has 0 saturated carbocycles. The van der Waals surface area contributed by atoms with Gasteiger partial charge in [-0.25, -0.2) is 0 Å². The number of rotatable bonds is 7. The number of carbonyl (C=O) groups is 2. The first-order chi connectivity index (χ1) is 16.0. The number of amides is 1. The van der Waals surface area contributed by atoms with Crippen LogP contribution in [-0.2, 0) is 9.59 Å². The van der Waals surface area contributed by atoms with Gasteiger partial charge in [0.2, 0.25) is 5.91 Å². The number of anilines is 3. The first-order valence-electron chi connectivity index (χ1n) is 10.6. The molecule has 8 heteroatoms. The Balaban J connectivity index is 1.96. The molecule has 2 N–H and O–H groups in total. The van der Waals surface area contributed by atoms with Gasteiger partial charge in [0, 0.05) is 17.1 Å². The quantitative estimate of drug-likeness (QED) is 0.415. The molecule has 0 aliphatic rings. The van der Waals surface area contributed by atoms with Gasteiger partial charge in [0.1, 0.15) is 6.04 Å². The molecule has 0 heterocycles. The molecule has 1 amide bonds. The second-order valence-electron chi connectivity index (χ2n) is 8.14. The monoisotopic (exact) mass is 470 g/mol. The van der Waals surface area contributed by atoms with Gasteiger partial charge in [-0.2, -0.15) is 13.2 Å². The lowest BCUT2D eigenvalue weighted by Crippen LogP contribution is -2.46. The van der Waals surface area contributed by atoms with Crippen molar-refractivity contribution in [2.75, 3.05) is 4.90 Å². The number of hydrogen-bond acceptors (Lipinski definition) is 3. The SMILES string of the molecule is Cc1ccc(N(c2ccc(C)cc2)c2ccc(C(C(=O)O)C(=O)NC(C)C(F)(F)F)cc2)cc1. The van der Waals surface area contributed by atoms with Crippen molar-refractivity contribution in [2.45, 2.75) is 38.9 Å². The molecule has 0 bridgehead atoms. The van der Waals surface area contributed by atoms with Gasteiger partial charge < -0.3 is 15.3 Å². The van der Waals surface area contributed by atoms with Gasteiger partial charge in [0.05, 0.1) is 0 Å². The summed E-state index contributed by atoms with van der Waals surface area (Å²) in [5, 5.41) is 11.3. The van der Waals surface area contributed by atoms with Crippen molar-refractivity contribution in [3.63, 3.8) is 0 Å². The summed E-state index contributed by atoms with van der Waals surface area (Å²) < 4.78 is 38.5. The van der Waals surface area contributed by atoms with Crippen molar-refractivity contribution >= 4 is 28.9 Å². The van der Waals surface area contributed by atoms with Gasteiger partial charge in [-0.05, 0) is 62.7 Å². The Morgan fingerprint density at radius 2 is 1.18 bits per heavy atom. The number of benzene rings is 3. The van der Waals surface area contributed by atoms with E-state index in [9.17, 15) is 27.9 Å². The average molecular weight is 470 g/mol. The van der Waals surface area contributed by atoms with E-state index in [1.54, 1.807) is 17.4 Å². The molecule has 178 valence electrons. The third-order valence-corrected chi connectivity index (χ3v) is 5.43. The summed E-state index contributed by atoms with van der Waals surface area (Å²) in [6.45, 7) is 4.72. The summed E-state index contributed by atoms with van der Waals surface area (Å²) in [7, 11) is 0. The average Bonchev–Trinajstić information content (AvgIpc) is 2.77. The van der Waals surface area contributed by atoms with Crippen LogP contribution in [0.25, 0.3) is 0 Å². The van der Waals surface area contributed by atoms with E-state index in [-0.39, 0.29) is 5.56 Å². The van der Waals surface area contributed by atoms with E-state index in [2.05, 4.69) is 0 Å². The summed E-state index contributed by atoms with van der Waals surface area (Å²) in [4.78, 5) is 26.1. The van der Waals surface area contributed by atoms with Crippen molar-refractivity contribution in [1.82, 2.24) is 5.32 Å². The van der Waals surface area contributed by atoms with Gasteiger partial charge in [-0.1, -0.05) is 47.5 Å². The van der Waals surface area contributed by atoms with E-state index in [1.165, 1.54) is 12.1 Å². The number of halogens is 3. The lowest BCUT2D eigenvalue weighted by Gasteiger charge is -2.26. The molecule has 0 spiro atoms. The molecule has 3 aromatic rings. The number of nitrogens with zero attached hydrogens (tertiary/aromatic N) is 1. The van der Waals surface area contributed by atoms with Gasteiger partial charge in [0.25, 0.3) is 0 Å². The molecule has 0 aromatic heterocycles. The maximum atomic E-state index is 12.8. The van der Waals surface area contributed by atoms with E-state index in [0.29, 0.717) is 5.69 Å². The van der Waals surface area contributed by atoms with Crippen LogP contribution in [0.4, 0.5) is 30.2 Å². The molecule has 0 aliphatic carbocycles. The second-order valence-corrected chi connectivity index (χ2v) is 8.14. The highest BCUT2D eigenvalue weighted by Gasteiger charge is 2.39. The van der Waals surface area contributed by atoms with Crippen LogP contribution in [-0.4, -0.2) is 29.2 Å². The number of aliphatic carboxylic acids is 1. The lowest BCUT2D eigenvalue weighted by atomic mass is 9.97. The van der Waals surface area contributed by atoms with Crippen LogP contribution in [0.1, 0.15) is 29.5 Å². The van der Waals surface area contributed by atoms with E-state index in [4.69, 9.17) is 0 Å². The van der Waals surface area contributed by atoms with Crippen LogP contribution in [0, 0.1) is 13.8 Å². The summed E-state index contributed by atoms with van der Waals surface area (Å²) in [6.07, 6.45) is -4.68. The Morgan fingerprint density at radius 3 is 1.53 bits per heavy atom. The predicted molar refractivity (Wildman–Crippen MR) is 125 cm³/mol. The molecule has 0 aliphatic heterocycles. The lowest BCUT2D eigenvalue weighted by molar-refractivity contribution is -0.160. The van der Waals surface area contributed by atoms with Crippen LogP contribution >= 0.6 is 0 Å². The zero-order valence-electron chi connectivity index (χ0n) is 18.9. The minimum Gasteiger partial charge on any atom is -0.480 e. The Kier molecular flexibility index (Phi) is 7.29. The molecular formula is C26H25F3N2O3. The zero-order valence-corrected chi connectivity index (χ0v) is 18.9. The fraction of sp³-hybridized carbons (Fsp3) is 0.231. The van der Waals surface area contributed by atoms with Crippen molar-refractivity contribution in [3.05, 3.63) is 89.5 Å². The standard InChI is InChI=1S/C26H25F3N2O3/c1-16-4-10-20(11-5-16)31(21-12-6-17(2)7-13-21)22-14-8-19(9-15-22)23(25(33)34)24(32)30-18(3)26(27,28)29/h4-15,18,23H,1-3H3,(H,30,32)(H,33,34). The Hall–Kier alpha value is -3.81. The first kappa shape index (κ1) is 24.8. The molecular weight excluding hydrogens is 445 g/mol. The molecule has 0 fully saturated rings. The van der Waals surface area contributed by atoms with E-state index < -0.39 is 30.0 Å². The van der Waals surface area contributed by atoms with Crippen LogP contribution in [0.5, 0.6) is 0 Å². The van der Waals surface area contributed by atoms with Gasteiger partial charge in [-0.3, -0.25) is 9.59 Å². The fourth-order valence-electron chi connectivity index (χ4n) is 3.44. The number of alkyl halides is 3. The molecule has 34 heavy (non-hydrogen) atoms. The highest BCUT2D eigenvalue weighted by atomic mass is 19.4. The number of carbonyl (C=O) groups excluding carboxylic acids is 1. The third kappa shape index (κ3) is 5.75. The minimum absolute atomic E-state index is 0.0795. The molecule has 2 atom stereocenters. The predicted octanol–water partition coefficient (Wildman–Crippen LogP) is 6.01. The number of carboxylic acids is 1. The first-order valence-corrected chi connectivity index (χ1v) is 10.6. The van der Waals surface area contributed by atoms with Crippen LogP contribution in [0.15, 0.2) is 72.8 Å². The van der Waals surface area contributed by atoms with Gasteiger partial charge in [-0.15, -0.1) is 0 Å². The van der Waals surface area contributed by atoms with Crippen LogP contribution in [0.3, 0.4) is 0 Å². The smallest absolute Gasteiger partial charge is 0.408 e. The fourth-order valence-corrected chi connectivity index (χ4v) is 3.44. The normalized spacial score (nSPS) is 13.1. The number of nitrogens with one attached hydrogen (secondary N) is 1. The highest BCUT2D eigenvalue weighted by molar-refractivity contribution is 6.02. The molecule has 5 nitrogen and oxygen atoms in total. The number of carboxylic acid groups (broad SMARTS) is 1. The molecule has 3 rings (SSSR count).